The Morgan fingerprint density at radius 1 is 1.44 bits per heavy atom. The van der Waals surface area contributed by atoms with Crippen LogP contribution in [0.5, 0.6) is 5.75 Å². The van der Waals surface area contributed by atoms with Gasteiger partial charge < -0.3 is 14.8 Å². The summed E-state index contributed by atoms with van der Waals surface area (Å²) in [6.45, 7) is 0.413. The van der Waals surface area contributed by atoms with Crippen LogP contribution >= 0.6 is 0 Å². The molecule has 98 valence electrons. The zero-order valence-electron chi connectivity index (χ0n) is 9.78. The number of carbonyl (C=O) groups is 1. The first-order chi connectivity index (χ1) is 8.60. The van der Waals surface area contributed by atoms with Crippen LogP contribution in [0.4, 0.5) is 8.78 Å². The molecule has 1 N–H and O–H groups in total. The third-order valence-electron chi connectivity index (χ3n) is 2.76. The van der Waals surface area contributed by atoms with Gasteiger partial charge in [0, 0.05) is 19.0 Å². The van der Waals surface area contributed by atoms with Crippen LogP contribution in [-0.4, -0.2) is 31.8 Å². The number of ether oxygens (including phenoxy) is 2. The van der Waals surface area contributed by atoms with Crippen LogP contribution in [0.2, 0.25) is 0 Å². The maximum atomic E-state index is 13.3. The summed E-state index contributed by atoms with van der Waals surface area (Å²) in [6, 6.07) is 2.67. The first kappa shape index (κ1) is 12.8. The quantitative estimate of drug-likeness (QED) is 0.828. The van der Waals surface area contributed by atoms with Crippen molar-refractivity contribution in [1.82, 2.24) is 5.32 Å². The van der Waals surface area contributed by atoms with E-state index in [-0.39, 0.29) is 17.8 Å². The topological polar surface area (TPSA) is 47.6 Å². The van der Waals surface area contributed by atoms with E-state index >= 15 is 0 Å². The number of benzene rings is 1. The van der Waals surface area contributed by atoms with Gasteiger partial charge >= 0.3 is 5.97 Å². The number of carbonyl (C=O) groups excluding carboxylic acids is 1. The fourth-order valence-corrected chi connectivity index (χ4v) is 1.87. The molecule has 1 saturated heterocycles. The largest absolute Gasteiger partial charge is 0.486 e. The molecule has 2 atom stereocenters. The third kappa shape index (κ3) is 2.76. The van der Waals surface area contributed by atoms with Gasteiger partial charge in [-0.2, -0.15) is 0 Å². The van der Waals surface area contributed by atoms with E-state index < -0.39 is 17.7 Å². The van der Waals surface area contributed by atoms with Crippen molar-refractivity contribution in [2.45, 2.75) is 18.6 Å². The molecule has 1 aliphatic heterocycles. The van der Waals surface area contributed by atoms with Crippen LogP contribution in [-0.2, 0) is 9.53 Å². The van der Waals surface area contributed by atoms with Crippen molar-refractivity contribution in [3.05, 3.63) is 29.8 Å². The Morgan fingerprint density at radius 2 is 2.22 bits per heavy atom. The summed E-state index contributed by atoms with van der Waals surface area (Å²) in [6.07, 6.45) is 0.0535. The number of hydrogen-bond acceptors (Lipinski definition) is 4. The van der Waals surface area contributed by atoms with E-state index in [9.17, 15) is 13.6 Å². The van der Waals surface area contributed by atoms with Crippen molar-refractivity contribution >= 4 is 5.97 Å². The Kier molecular flexibility index (Phi) is 3.76. The maximum Gasteiger partial charge on any atom is 0.323 e. The number of rotatable bonds is 3. The highest BCUT2D eigenvalue weighted by Crippen LogP contribution is 2.22. The zero-order valence-corrected chi connectivity index (χ0v) is 9.78. The average Bonchev–Trinajstić information content (AvgIpc) is 2.80. The predicted octanol–water partition coefficient (Wildman–Crippen LogP) is 1.25. The van der Waals surface area contributed by atoms with Gasteiger partial charge in [-0.15, -0.1) is 0 Å². The second-order valence-electron chi connectivity index (χ2n) is 4.03. The van der Waals surface area contributed by atoms with Gasteiger partial charge in [0.15, 0.2) is 11.6 Å². The molecule has 2 rings (SSSR count). The van der Waals surface area contributed by atoms with Crippen molar-refractivity contribution in [3.63, 3.8) is 0 Å². The lowest BCUT2D eigenvalue weighted by Crippen LogP contribution is -2.31. The molecule has 0 bridgehead atoms. The van der Waals surface area contributed by atoms with Crippen LogP contribution in [0.3, 0.4) is 0 Å². The summed E-state index contributed by atoms with van der Waals surface area (Å²) >= 11 is 0. The minimum Gasteiger partial charge on any atom is -0.486 e. The minimum absolute atomic E-state index is 0.0197. The summed E-state index contributed by atoms with van der Waals surface area (Å²) in [5.74, 6) is -1.80. The summed E-state index contributed by atoms with van der Waals surface area (Å²) in [5.41, 5.74) is 0. The molecule has 1 aliphatic rings. The van der Waals surface area contributed by atoms with Gasteiger partial charge in [0.25, 0.3) is 0 Å². The lowest BCUT2D eigenvalue weighted by molar-refractivity contribution is -0.142. The number of hydrogen-bond donors (Lipinski definition) is 1. The van der Waals surface area contributed by atoms with Crippen LogP contribution < -0.4 is 10.1 Å². The van der Waals surface area contributed by atoms with E-state index in [0.717, 1.165) is 12.1 Å². The van der Waals surface area contributed by atoms with Gasteiger partial charge in [-0.05, 0) is 12.1 Å². The molecule has 4 nitrogen and oxygen atoms in total. The van der Waals surface area contributed by atoms with Crippen molar-refractivity contribution in [2.24, 2.45) is 0 Å². The van der Waals surface area contributed by atoms with Crippen molar-refractivity contribution in [3.8, 4) is 5.75 Å². The van der Waals surface area contributed by atoms with Crippen LogP contribution in [0.25, 0.3) is 0 Å². The maximum absolute atomic E-state index is 13.3. The lowest BCUT2D eigenvalue weighted by atomic mass is 10.2. The number of halogens is 2. The summed E-state index contributed by atoms with van der Waals surface area (Å²) in [5, 5.41) is 2.91. The number of nitrogens with one attached hydrogen (secondary N) is 1. The Labute approximate surface area is 103 Å². The molecule has 1 fully saturated rings. The Balaban J connectivity index is 1.97. The summed E-state index contributed by atoms with van der Waals surface area (Å²) < 4.78 is 36.0. The molecular formula is C12H13F2NO3. The van der Waals surface area contributed by atoms with Gasteiger partial charge in [0.1, 0.15) is 18.0 Å². The van der Waals surface area contributed by atoms with Crippen molar-refractivity contribution < 1.29 is 23.0 Å². The molecule has 0 amide bonds. The fourth-order valence-electron chi connectivity index (χ4n) is 1.87. The Hall–Kier alpha value is -1.69. The first-order valence-electron chi connectivity index (χ1n) is 5.53. The molecule has 6 heteroatoms. The van der Waals surface area contributed by atoms with Crippen LogP contribution in [0, 0.1) is 11.6 Å². The standard InChI is InChI=1S/C12H13F2NO3/c1-17-12(16)10-5-8(6-15-10)18-11-3-2-7(13)4-9(11)14/h2-4,8,10,15H,5-6H2,1H3. The highest BCUT2D eigenvalue weighted by atomic mass is 19.1. The molecule has 2 unspecified atom stereocenters. The fraction of sp³-hybridized carbons (Fsp3) is 0.417. The molecule has 1 aromatic rings. The average molecular weight is 257 g/mol. The minimum atomic E-state index is -0.753. The van der Waals surface area contributed by atoms with Gasteiger partial charge in [-0.1, -0.05) is 0 Å². The normalized spacial score (nSPS) is 22.8. The van der Waals surface area contributed by atoms with Crippen LogP contribution in [0.1, 0.15) is 6.42 Å². The first-order valence-corrected chi connectivity index (χ1v) is 5.53. The lowest BCUT2D eigenvalue weighted by Gasteiger charge is -2.13. The molecule has 18 heavy (non-hydrogen) atoms. The second-order valence-corrected chi connectivity index (χ2v) is 4.03. The highest BCUT2D eigenvalue weighted by Gasteiger charge is 2.31. The molecule has 0 saturated carbocycles. The predicted molar refractivity (Wildman–Crippen MR) is 59.2 cm³/mol. The number of methoxy groups -OCH3 is 1. The van der Waals surface area contributed by atoms with E-state index in [4.69, 9.17) is 4.74 Å². The van der Waals surface area contributed by atoms with E-state index in [1.165, 1.54) is 13.2 Å². The molecule has 1 aromatic carbocycles. The van der Waals surface area contributed by atoms with Crippen LogP contribution in [0.15, 0.2) is 18.2 Å². The summed E-state index contributed by atoms with van der Waals surface area (Å²) in [4.78, 5) is 11.3. The SMILES string of the molecule is COC(=O)C1CC(Oc2ccc(F)cc2F)CN1. The van der Waals surface area contributed by atoms with E-state index in [0.29, 0.717) is 13.0 Å². The van der Waals surface area contributed by atoms with E-state index in [1.54, 1.807) is 0 Å². The van der Waals surface area contributed by atoms with E-state index in [1.807, 2.05) is 0 Å². The van der Waals surface area contributed by atoms with Gasteiger partial charge in [0.05, 0.1) is 7.11 Å². The van der Waals surface area contributed by atoms with Gasteiger partial charge in [-0.25, -0.2) is 8.78 Å². The van der Waals surface area contributed by atoms with Crippen molar-refractivity contribution in [1.29, 1.82) is 0 Å². The number of esters is 1. The highest BCUT2D eigenvalue weighted by molar-refractivity contribution is 5.76. The smallest absolute Gasteiger partial charge is 0.323 e. The van der Waals surface area contributed by atoms with Crippen molar-refractivity contribution in [2.75, 3.05) is 13.7 Å². The molecule has 1 heterocycles. The third-order valence-corrected chi connectivity index (χ3v) is 2.76. The molecular weight excluding hydrogens is 244 g/mol. The molecule has 0 spiro atoms. The second kappa shape index (κ2) is 5.30. The zero-order chi connectivity index (χ0) is 13.1. The Bertz CT molecular complexity index is 453. The summed E-state index contributed by atoms with van der Waals surface area (Å²) in [7, 11) is 1.30. The van der Waals surface area contributed by atoms with E-state index in [2.05, 4.69) is 10.1 Å². The Morgan fingerprint density at radius 3 is 2.89 bits per heavy atom. The van der Waals surface area contributed by atoms with Gasteiger partial charge in [-0.3, -0.25) is 4.79 Å². The molecule has 0 radical (unpaired) electrons. The molecule has 0 aliphatic carbocycles. The van der Waals surface area contributed by atoms with Gasteiger partial charge in [0.2, 0.25) is 0 Å². The monoisotopic (exact) mass is 257 g/mol. The molecule has 0 aromatic heterocycles.